The van der Waals surface area contributed by atoms with Crippen LogP contribution in [0.4, 0.5) is 0 Å². The van der Waals surface area contributed by atoms with Crippen LogP contribution in [-0.4, -0.2) is 34.3 Å². The molecule has 0 spiro atoms. The molecule has 1 aliphatic heterocycles. The first-order chi connectivity index (χ1) is 7.52. The van der Waals surface area contributed by atoms with Gasteiger partial charge in [0.1, 0.15) is 0 Å². The summed E-state index contributed by atoms with van der Waals surface area (Å²) in [4.78, 5) is 34.8. The highest BCUT2D eigenvalue weighted by Crippen LogP contribution is 2.12. The molecule has 0 bridgehead atoms. The zero-order valence-electron chi connectivity index (χ0n) is 9.23. The van der Waals surface area contributed by atoms with Gasteiger partial charge in [0.05, 0.1) is 0 Å². The minimum absolute atomic E-state index is 0.0653. The molecule has 1 fully saturated rings. The molecule has 0 atom stereocenters. The Balaban J connectivity index is 2.69. The molecule has 1 rings (SSSR count). The van der Waals surface area contributed by atoms with Crippen LogP contribution in [0.3, 0.4) is 0 Å². The fraction of sp³-hybridized carbons (Fsp3) is 0.545. The van der Waals surface area contributed by atoms with Crippen molar-refractivity contribution in [1.82, 2.24) is 4.90 Å². The lowest BCUT2D eigenvalue weighted by molar-refractivity contribution is -0.143. The van der Waals surface area contributed by atoms with E-state index in [2.05, 4.69) is 0 Å². The van der Waals surface area contributed by atoms with Gasteiger partial charge in [-0.15, -0.1) is 0 Å². The van der Waals surface area contributed by atoms with E-state index in [1.54, 1.807) is 0 Å². The SMILES string of the molecule is CC(=CCN1C(=O)CCCCC1=O)C(=O)O. The first kappa shape index (κ1) is 12.4. The van der Waals surface area contributed by atoms with E-state index in [1.165, 1.54) is 13.0 Å². The van der Waals surface area contributed by atoms with Crippen LogP contribution >= 0.6 is 0 Å². The summed E-state index contributed by atoms with van der Waals surface area (Å²) in [7, 11) is 0. The monoisotopic (exact) mass is 225 g/mol. The fourth-order valence-corrected chi connectivity index (χ4v) is 1.48. The summed E-state index contributed by atoms with van der Waals surface area (Å²) in [5.74, 6) is -1.46. The number of carboxylic acid groups (broad SMARTS) is 1. The Labute approximate surface area is 93.7 Å². The molecule has 88 valence electrons. The highest BCUT2D eigenvalue weighted by Gasteiger charge is 2.22. The normalized spacial score (nSPS) is 18.6. The molecule has 2 amide bonds. The van der Waals surface area contributed by atoms with Crippen molar-refractivity contribution in [2.75, 3.05) is 6.54 Å². The van der Waals surface area contributed by atoms with E-state index in [4.69, 9.17) is 5.11 Å². The van der Waals surface area contributed by atoms with Gasteiger partial charge in [-0.05, 0) is 19.8 Å². The van der Waals surface area contributed by atoms with E-state index in [9.17, 15) is 14.4 Å². The van der Waals surface area contributed by atoms with Crippen molar-refractivity contribution >= 4 is 17.8 Å². The van der Waals surface area contributed by atoms with Crippen molar-refractivity contribution in [2.45, 2.75) is 32.6 Å². The van der Waals surface area contributed by atoms with Crippen molar-refractivity contribution in [3.63, 3.8) is 0 Å². The number of nitrogens with zero attached hydrogens (tertiary/aromatic N) is 1. The van der Waals surface area contributed by atoms with Gasteiger partial charge in [0, 0.05) is 25.0 Å². The van der Waals surface area contributed by atoms with E-state index in [-0.39, 0.29) is 23.9 Å². The second-order valence-electron chi connectivity index (χ2n) is 3.80. The van der Waals surface area contributed by atoms with Crippen molar-refractivity contribution in [1.29, 1.82) is 0 Å². The molecule has 0 aliphatic carbocycles. The standard InChI is InChI=1S/C11H15NO4/c1-8(11(15)16)6-7-12-9(13)4-2-3-5-10(12)14/h6H,2-5,7H2,1H3,(H,15,16). The number of carbonyl (C=O) groups is 3. The molecule has 0 aromatic heterocycles. The molecular weight excluding hydrogens is 210 g/mol. The number of amides is 2. The largest absolute Gasteiger partial charge is 0.478 e. The van der Waals surface area contributed by atoms with Gasteiger partial charge in [0.2, 0.25) is 11.8 Å². The zero-order valence-corrected chi connectivity index (χ0v) is 9.23. The number of rotatable bonds is 3. The number of hydrogen-bond acceptors (Lipinski definition) is 3. The van der Waals surface area contributed by atoms with E-state index >= 15 is 0 Å². The maximum atomic E-state index is 11.5. The first-order valence-electron chi connectivity index (χ1n) is 5.25. The van der Waals surface area contributed by atoms with Crippen LogP contribution in [0.5, 0.6) is 0 Å². The highest BCUT2D eigenvalue weighted by atomic mass is 16.4. The van der Waals surface area contributed by atoms with Crippen molar-refractivity contribution in [2.24, 2.45) is 0 Å². The number of carbonyl (C=O) groups excluding carboxylic acids is 2. The topological polar surface area (TPSA) is 74.7 Å². The average Bonchev–Trinajstić information content (AvgIpc) is 2.38. The van der Waals surface area contributed by atoms with Gasteiger partial charge >= 0.3 is 5.97 Å². The van der Waals surface area contributed by atoms with Crippen molar-refractivity contribution in [3.8, 4) is 0 Å². The molecule has 5 heteroatoms. The van der Waals surface area contributed by atoms with E-state index in [1.807, 2.05) is 0 Å². The Kier molecular flexibility index (Phi) is 4.22. The Morgan fingerprint density at radius 2 is 1.81 bits per heavy atom. The molecule has 1 saturated heterocycles. The van der Waals surface area contributed by atoms with Crippen LogP contribution < -0.4 is 0 Å². The molecule has 1 heterocycles. The van der Waals surface area contributed by atoms with Gasteiger partial charge in [0.25, 0.3) is 0 Å². The Bertz CT molecular complexity index is 328. The molecule has 0 unspecified atom stereocenters. The predicted molar refractivity (Wildman–Crippen MR) is 56.6 cm³/mol. The van der Waals surface area contributed by atoms with E-state index in [0.29, 0.717) is 12.8 Å². The summed E-state index contributed by atoms with van der Waals surface area (Å²) in [5, 5.41) is 8.64. The van der Waals surface area contributed by atoms with Crippen LogP contribution in [0.1, 0.15) is 32.6 Å². The lowest BCUT2D eigenvalue weighted by Gasteiger charge is -2.16. The lowest BCUT2D eigenvalue weighted by atomic mass is 10.2. The maximum absolute atomic E-state index is 11.5. The second-order valence-corrected chi connectivity index (χ2v) is 3.80. The van der Waals surface area contributed by atoms with Crippen LogP contribution in [0.15, 0.2) is 11.6 Å². The first-order valence-corrected chi connectivity index (χ1v) is 5.25. The van der Waals surface area contributed by atoms with Crippen LogP contribution in [0, 0.1) is 0 Å². The molecule has 1 aliphatic rings. The van der Waals surface area contributed by atoms with Gasteiger partial charge in [-0.1, -0.05) is 6.08 Å². The van der Waals surface area contributed by atoms with Crippen LogP contribution in [0.25, 0.3) is 0 Å². The number of carboxylic acids is 1. The Hall–Kier alpha value is -1.65. The predicted octanol–water partition coefficient (Wildman–Crippen LogP) is 0.946. The van der Waals surface area contributed by atoms with Gasteiger partial charge in [0.15, 0.2) is 0 Å². The highest BCUT2D eigenvalue weighted by molar-refractivity contribution is 5.96. The molecule has 0 aromatic rings. The van der Waals surface area contributed by atoms with Gasteiger partial charge < -0.3 is 5.11 Å². The van der Waals surface area contributed by atoms with Gasteiger partial charge in [-0.2, -0.15) is 0 Å². The van der Waals surface area contributed by atoms with Gasteiger partial charge in [-0.25, -0.2) is 4.79 Å². The molecule has 5 nitrogen and oxygen atoms in total. The number of hydrogen-bond donors (Lipinski definition) is 1. The quantitative estimate of drug-likeness (QED) is 0.573. The third-order valence-electron chi connectivity index (χ3n) is 2.55. The summed E-state index contributed by atoms with van der Waals surface area (Å²) >= 11 is 0. The molecule has 16 heavy (non-hydrogen) atoms. The summed E-state index contributed by atoms with van der Waals surface area (Å²) in [5.41, 5.74) is 0.143. The van der Waals surface area contributed by atoms with Crippen LogP contribution in [0.2, 0.25) is 0 Å². The van der Waals surface area contributed by atoms with E-state index < -0.39 is 5.97 Å². The minimum atomic E-state index is -1.03. The summed E-state index contributed by atoms with van der Waals surface area (Å²) in [6, 6.07) is 0. The Morgan fingerprint density at radius 1 is 1.31 bits per heavy atom. The van der Waals surface area contributed by atoms with Gasteiger partial charge in [-0.3, -0.25) is 14.5 Å². The third kappa shape index (κ3) is 3.18. The second kappa shape index (κ2) is 5.44. The minimum Gasteiger partial charge on any atom is -0.478 e. The smallest absolute Gasteiger partial charge is 0.331 e. The van der Waals surface area contributed by atoms with Crippen molar-refractivity contribution in [3.05, 3.63) is 11.6 Å². The molecule has 0 radical (unpaired) electrons. The molecule has 0 aromatic carbocycles. The molecule has 0 saturated carbocycles. The maximum Gasteiger partial charge on any atom is 0.331 e. The Morgan fingerprint density at radius 3 is 2.25 bits per heavy atom. The third-order valence-corrected chi connectivity index (χ3v) is 2.55. The summed E-state index contributed by atoms with van der Waals surface area (Å²) in [6.07, 6.45) is 3.58. The fourth-order valence-electron chi connectivity index (χ4n) is 1.48. The van der Waals surface area contributed by atoms with E-state index in [0.717, 1.165) is 17.7 Å². The van der Waals surface area contributed by atoms with Crippen LogP contribution in [-0.2, 0) is 14.4 Å². The molecular formula is C11H15NO4. The zero-order chi connectivity index (χ0) is 12.1. The molecule has 1 N–H and O–H groups in total. The average molecular weight is 225 g/mol. The number of likely N-dealkylation sites (tertiary alicyclic amines) is 1. The van der Waals surface area contributed by atoms with Crippen molar-refractivity contribution < 1.29 is 19.5 Å². The lowest BCUT2D eigenvalue weighted by Crippen LogP contribution is -2.35. The summed E-state index contributed by atoms with van der Waals surface area (Å²) < 4.78 is 0. The summed E-state index contributed by atoms with van der Waals surface area (Å²) in [6.45, 7) is 1.50. The number of aliphatic carboxylic acids is 1. The number of imide groups is 1.